The maximum Gasteiger partial charge on any atom is 0.239 e. The van der Waals surface area contributed by atoms with Crippen molar-refractivity contribution in [1.82, 2.24) is 20.0 Å². The molecule has 2 fully saturated rings. The zero-order chi connectivity index (χ0) is 19.9. The number of hydrogen-bond donors (Lipinski definition) is 1. The molecule has 2 saturated heterocycles. The fourth-order valence-electron chi connectivity index (χ4n) is 3.54. The SMILES string of the molecule is CCNC(=NCCS(=O)(=O)CC)N1CCN(C(C)C(=O)N2CCCC2)CC1. The molecule has 2 heterocycles. The van der Waals surface area contributed by atoms with Crippen LogP contribution in [0.3, 0.4) is 0 Å². The van der Waals surface area contributed by atoms with Crippen molar-refractivity contribution in [2.75, 3.05) is 63.9 Å². The number of carbonyl (C=O) groups excluding carboxylic acids is 1. The Bertz CT molecular complexity index is 608. The first-order valence-electron chi connectivity index (χ1n) is 10.1. The van der Waals surface area contributed by atoms with Gasteiger partial charge in [-0.25, -0.2) is 8.42 Å². The van der Waals surface area contributed by atoms with Gasteiger partial charge in [0.15, 0.2) is 15.8 Å². The molecular weight excluding hydrogens is 366 g/mol. The monoisotopic (exact) mass is 401 g/mol. The first kappa shape index (κ1) is 21.9. The molecule has 156 valence electrons. The normalized spacial score (nSPS) is 20.8. The summed E-state index contributed by atoms with van der Waals surface area (Å²) in [5, 5.41) is 3.26. The topological polar surface area (TPSA) is 85.3 Å². The van der Waals surface area contributed by atoms with Crippen molar-refractivity contribution in [2.24, 2.45) is 4.99 Å². The highest BCUT2D eigenvalue weighted by molar-refractivity contribution is 7.91. The predicted molar refractivity (Wildman–Crippen MR) is 109 cm³/mol. The van der Waals surface area contributed by atoms with Crippen LogP contribution in [-0.4, -0.2) is 105 Å². The Morgan fingerprint density at radius 2 is 1.67 bits per heavy atom. The average molecular weight is 402 g/mol. The molecule has 2 aliphatic heterocycles. The van der Waals surface area contributed by atoms with Crippen LogP contribution in [0.25, 0.3) is 0 Å². The Hall–Kier alpha value is -1.35. The molecule has 2 aliphatic rings. The molecule has 0 spiro atoms. The Morgan fingerprint density at radius 3 is 2.22 bits per heavy atom. The third-order valence-electron chi connectivity index (χ3n) is 5.38. The molecule has 2 rings (SSSR count). The second kappa shape index (κ2) is 10.3. The molecule has 0 radical (unpaired) electrons. The van der Waals surface area contributed by atoms with Gasteiger partial charge in [0.2, 0.25) is 5.91 Å². The summed E-state index contributed by atoms with van der Waals surface area (Å²) < 4.78 is 23.3. The summed E-state index contributed by atoms with van der Waals surface area (Å²) in [4.78, 5) is 23.5. The van der Waals surface area contributed by atoms with E-state index in [1.807, 2.05) is 18.7 Å². The molecule has 0 bridgehead atoms. The van der Waals surface area contributed by atoms with Crippen molar-refractivity contribution in [3.8, 4) is 0 Å². The van der Waals surface area contributed by atoms with Crippen LogP contribution in [0.1, 0.15) is 33.6 Å². The highest BCUT2D eigenvalue weighted by atomic mass is 32.2. The van der Waals surface area contributed by atoms with Crippen LogP contribution in [-0.2, 0) is 14.6 Å². The minimum Gasteiger partial charge on any atom is -0.357 e. The summed E-state index contributed by atoms with van der Waals surface area (Å²) in [6.07, 6.45) is 2.23. The molecule has 1 amide bonds. The van der Waals surface area contributed by atoms with Crippen LogP contribution in [0.2, 0.25) is 0 Å². The van der Waals surface area contributed by atoms with Crippen LogP contribution < -0.4 is 5.32 Å². The molecule has 0 aromatic rings. The highest BCUT2D eigenvalue weighted by Gasteiger charge is 2.30. The van der Waals surface area contributed by atoms with Gasteiger partial charge < -0.3 is 15.1 Å². The number of amides is 1. The van der Waals surface area contributed by atoms with Gasteiger partial charge in [0, 0.05) is 51.6 Å². The second-order valence-electron chi connectivity index (χ2n) is 7.20. The lowest BCUT2D eigenvalue weighted by Crippen LogP contribution is -2.57. The van der Waals surface area contributed by atoms with Gasteiger partial charge in [0.1, 0.15) is 0 Å². The number of aliphatic imine (C=N–C) groups is 1. The second-order valence-corrected chi connectivity index (χ2v) is 9.68. The predicted octanol–water partition coefficient (Wildman–Crippen LogP) is 0.0151. The van der Waals surface area contributed by atoms with Crippen molar-refractivity contribution >= 4 is 21.7 Å². The fraction of sp³-hybridized carbons (Fsp3) is 0.889. The molecule has 0 aliphatic carbocycles. The summed E-state index contributed by atoms with van der Waals surface area (Å²) in [6.45, 7) is 11.6. The molecule has 8 nitrogen and oxygen atoms in total. The van der Waals surface area contributed by atoms with Crippen LogP contribution in [0.5, 0.6) is 0 Å². The maximum absolute atomic E-state index is 12.6. The Labute approximate surface area is 163 Å². The highest BCUT2D eigenvalue weighted by Crippen LogP contribution is 2.14. The number of sulfone groups is 1. The summed E-state index contributed by atoms with van der Waals surface area (Å²) in [5.41, 5.74) is 0. The Balaban J connectivity index is 1.88. The standard InChI is InChI=1S/C18H35N5O3S/c1-4-19-18(20-8-15-27(25,26)5-2)23-13-11-21(12-14-23)16(3)17(24)22-9-6-7-10-22/h16H,4-15H2,1-3H3,(H,19,20). The van der Waals surface area contributed by atoms with E-state index in [4.69, 9.17) is 0 Å². The average Bonchev–Trinajstić information content (AvgIpc) is 3.21. The van der Waals surface area contributed by atoms with Crippen LogP contribution in [0.4, 0.5) is 0 Å². The summed E-state index contributed by atoms with van der Waals surface area (Å²) in [7, 11) is -3.00. The maximum atomic E-state index is 12.6. The van der Waals surface area contributed by atoms with E-state index in [1.54, 1.807) is 6.92 Å². The van der Waals surface area contributed by atoms with Gasteiger partial charge in [-0.05, 0) is 26.7 Å². The quantitative estimate of drug-likeness (QED) is 0.478. The van der Waals surface area contributed by atoms with Gasteiger partial charge in [-0.1, -0.05) is 6.92 Å². The molecule has 0 saturated carbocycles. The molecule has 0 aromatic carbocycles. The van der Waals surface area contributed by atoms with E-state index < -0.39 is 9.84 Å². The molecule has 9 heteroatoms. The van der Waals surface area contributed by atoms with E-state index in [1.165, 1.54) is 0 Å². The summed E-state index contributed by atoms with van der Waals surface area (Å²) in [6, 6.07) is -0.0838. The Kier molecular flexibility index (Phi) is 8.34. The van der Waals surface area contributed by atoms with E-state index in [0.717, 1.165) is 64.6 Å². The lowest BCUT2D eigenvalue weighted by molar-refractivity contribution is -0.135. The number of hydrogen-bond acceptors (Lipinski definition) is 5. The molecule has 1 unspecified atom stereocenters. The first-order chi connectivity index (χ1) is 12.9. The molecular formula is C18H35N5O3S. The van der Waals surface area contributed by atoms with E-state index >= 15 is 0 Å². The smallest absolute Gasteiger partial charge is 0.239 e. The van der Waals surface area contributed by atoms with Crippen LogP contribution in [0, 0.1) is 0 Å². The number of carbonyl (C=O) groups is 1. The lowest BCUT2D eigenvalue weighted by Gasteiger charge is -2.39. The van der Waals surface area contributed by atoms with Gasteiger partial charge in [-0.3, -0.25) is 14.7 Å². The molecule has 0 aromatic heterocycles. The number of likely N-dealkylation sites (tertiary alicyclic amines) is 1. The minimum absolute atomic E-state index is 0.0831. The molecule has 1 N–H and O–H groups in total. The van der Waals surface area contributed by atoms with Crippen molar-refractivity contribution in [2.45, 2.75) is 39.7 Å². The first-order valence-corrected chi connectivity index (χ1v) is 12.0. The van der Waals surface area contributed by atoms with Crippen LogP contribution >= 0.6 is 0 Å². The van der Waals surface area contributed by atoms with Gasteiger partial charge in [-0.2, -0.15) is 0 Å². The molecule has 1 atom stereocenters. The number of piperazine rings is 1. The number of rotatable bonds is 7. The Morgan fingerprint density at radius 1 is 1.04 bits per heavy atom. The summed E-state index contributed by atoms with van der Waals surface area (Å²) in [5.74, 6) is 1.24. The van der Waals surface area contributed by atoms with Crippen molar-refractivity contribution < 1.29 is 13.2 Å². The number of nitrogens with zero attached hydrogens (tertiary/aromatic N) is 4. The lowest BCUT2D eigenvalue weighted by atomic mass is 10.2. The largest absolute Gasteiger partial charge is 0.357 e. The minimum atomic E-state index is -3.00. The third-order valence-corrected chi connectivity index (χ3v) is 7.06. The fourth-order valence-corrected chi connectivity index (χ4v) is 4.20. The van der Waals surface area contributed by atoms with Crippen molar-refractivity contribution in [3.05, 3.63) is 0 Å². The van der Waals surface area contributed by atoms with Crippen molar-refractivity contribution in [3.63, 3.8) is 0 Å². The number of nitrogens with one attached hydrogen (secondary N) is 1. The van der Waals surface area contributed by atoms with Gasteiger partial charge in [-0.15, -0.1) is 0 Å². The summed E-state index contributed by atoms with van der Waals surface area (Å²) >= 11 is 0. The zero-order valence-electron chi connectivity index (χ0n) is 17.0. The van der Waals surface area contributed by atoms with Gasteiger partial charge in [0.05, 0.1) is 18.3 Å². The van der Waals surface area contributed by atoms with E-state index in [-0.39, 0.29) is 30.0 Å². The van der Waals surface area contributed by atoms with E-state index in [2.05, 4.69) is 20.1 Å². The molecule has 27 heavy (non-hydrogen) atoms. The van der Waals surface area contributed by atoms with Gasteiger partial charge >= 0.3 is 0 Å². The number of guanidine groups is 1. The van der Waals surface area contributed by atoms with Crippen LogP contribution in [0.15, 0.2) is 4.99 Å². The zero-order valence-corrected chi connectivity index (χ0v) is 17.8. The van der Waals surface area contributed by atoms with Crippen molar-refractivity contribution in [1.29, 1.82) is 0 Å². The van der Waals surface area contributed by atoms with E-state index in [9.17, 15) is 13.2 Å². The van der Waals surface area contributed by atoms with Gasteiger partial charge in [0.25, 0.3) is 0 Å². The van der Waals surface area contributed by atoms with E-state index in [0.29, 0.717) is 0 Å². The third kappa shape index (κ3) is 6.34.